The molecule has 0 bridgehead atoms. The Morgan fingerprint density at radius 2 is 2.11 bits per heavy atom. The molecule has 1 aromatic heterocycles. The molecule has 4 heteroatoms. The largest absolute Gasteiger partial charge is 0.497 e. The fourth-order valence-electron chi connectivity index (χ4n) is 1.94. The molecule has 2 N–H and O–H groups in total. The molecule has 96 valence electrons. The highest BCUT2D eigenvalue weighted by atomic mass is 16.5. The Morgan fingerprint density at radius 1 is 1.39 bits per heavy atom. The highest BCUT2D eigenvalue weighted by molar-refractivity contribution is 5.82. The van der Waals surface area contributed by atoms with E-state index in [4.69, 9.17) is 9.84 Å². The Labute approximate surface area is 106 Å². The van der Waals surface area contributed by atoms with Gasteiger partial charge in [-0.2, -0.15) is 0 Å². The summed E-state index contributed by atoms with van der Waals surface area (Å²) in [6, 6.07) is 7.75. The van der Waals surface area contributed by atoms with E-state index in [0.717, 1.165) is 22.3 Å². The zero-order chi connectivity index (χ0) is 13.3. The summed E-state index contributed by atoms with van der Waals surface area (Å²) < 4.78 is 5.16. The lowest BCUT2D eigenvalue weighted by molar-refractivity contribution is -0.146. The van der Waals surface area contributed by atoms with Crippen molar-refractivity contribution < 1.29 is 14.6 Å². The van der Waals surface area contributed by atoms with Gasteiger partial charge in [-0.05, 0) is 37.4 Å². The van der Waals surface area contributed by atoms with Crippen LogP contribution in [0, 0.1) is 5.41 Å². The molecule has 0 atom stereocenters. The topological polar surface area (TPSA) is 62.3 Å². The highest BCUT2D eigenvalue weighted by Gasteiger charge is 2.28. The summed E-state index contributed by atoms with van der Waals surface area (Å²) >= 11 is 0. The van der Waals surface area contributed by atoms with Crippen LogP contribution in [-0.2, 0) is 11.2 Å². The molecule has 2 aromatic rings. The van der Waals surface area contributed by atoms with Crippen molar-refractivity contribution in [2.45, 2.75) is 20.3 Å². The first-order chi connectivity index (χ1) is 8.42. The number of hydrogen-bond donors (Lipinski definition) is 2. The number of aromatic nitrogens is 1. The number of rotatable bonds is 4. The molecule has 0 radical (unpaired) electrons. The van der Waals surface area contributed by atoms with Gasteiger partial charge in [0.25, 0.3) is 0 Å². The predicted molar refractivity (Wildman–Crippen MR) is 70.0 cm³/mol. The number of nitrogens with one attached hydrogen (secondary N) is 1. The molecule has 0 saturated heterocycles. The molecular weight excluding hydrogens is 230 g/mol. The maximum atomic E-state index is 11.1. The summed E-state index contributed by atoms with van der Waals surface area (Å²) in [7, 11) is 1.62. The number of ether oxygens (including phenoxy) is 1. The smallest absolute Gasteiger partial charge is 0.309 e. The Bertz CT molecular complexity index is 584. The number of aliphatic carboxylic acids is 1. The normalized spacial score (nSPS) is 11.7. The Hall–Kier alpha value is -1.97. The van der Waals surface area contributed by atoms with Crippen LogP contribution in [0.5, 0.6) is 5.75 Å². The molecule has 18 heavy (non-hydrogen) atoms. The summed E-state index contributed by atoms with van der Waals surface area (Å²) in [4.78, 5) is 14.3. The molecule has 0 aliphatic rings. The van der Waals surface area contributed by atoms with Crippen molar-refractivity contribution in [2.24, 2.45) is 5.41 Å². The molecule has 0 amide bonds. The lowest BCUT2D eigenvalue weighted by Crippen LogP contribution is -2.26. The lowest BCUT2D eigenvalue weighted by Gasteiger charge is -2.17. The Morgan fingerprint density at radius 3 is 2.72 bits per heavy atom. The molecular formula is C14H17NO3. The van der Waals surface area contributed by atoms with Crippen LogP contribution in [0.2, 0.25) is 0 Å². The zero-order valence-electron chi connectivity index (χ0n) is 10.8. The average Bonchev–Trinajstić information content (AvgIpc) is 2.68. The number of benzene rings is 1. The number of carbonyl (C=O) groups is 1. The first-order valence-electron chi connectivity index (χ1n) is 5.81. The van der Waals surface area contributed by atoms with Crippen molar-refractivity contribution in [3.05, 3.63) is 30.0 Å². The van der Waals surface area contributed by atoms with Crippen LogP contribution in [0.3, 0.4) is 0 Å². The molecule has 0 fully saturated rings. The Balaban J connectivity index is 2.33. The molecule has 4 nitrogen and oxygen atoms in total. The first kappa shape index (κ1) is 12.5. The lowest BCUT2D eigenvalue weighted by atomic mass is 9.88. The third kappa shape index (κ3) is 2.32. The standard InChI is InChI=1S/C14H17NO3/c1-14(2,13(16)17)8-10-6-9-4-5-11(18-3)7-12(9)15-10/h4-7,15H,8H2,1-3H3,(H,16,17). The van der Waals surface area contributed by atoms with Crippen LogP contribution in [0.15, 0.2) is 24.3 Å². The van der Waals surface area contributed by atoms with E-state index >= 15 is 0 Å². The van der Waals surface area contributed by atoms with Crippen LogP contribution >= 0.6 is 0 Å². The fourth-order valence-corrected chi connectivity index (χ4v) is 1.94. The minimum Gasteiger partial charge on any atom is -0.497 e. The van der Waals surface area contributed by atoms with Crippen molar-refractivity contribution in [1.82, 2.24) is 4.98 Å². The van der Waals surface area contributed by atoms with Crippen LogP contribution in [0.25, 0.3) is 10.9 Å². The van der Waals surface area contributed by atoms with Crippen molar-refractivity contribution in [1.29, 1.82) is 0 Å². The second-order valence-corrected chi connectivity index (χ2v) is 5.11. The molecule has 1 aromatic carbocycles. The second-order valence-electron chi connectivity index (χ2n) is 5.11. The predicted octanol–water partition coefficient (Wildman–Crippen LogP) is 2.83. The van der Waals surface area contributed by atoms with Gasteiger partial charge in [0.1, 0.15) is 5.75 Å². The van der Waals surface area contributed by atoms with E-state index in [2.05, 4.69) is 4.98 Å². The van der Waals surface area contributed by atoms with Gasteiger partial charge < -0.3 is 14.8 Å². The van der Waals surface area contributed by atoms with Gasteiger partial charge in [0.2, 0.25) is 0 Å². The van der Waals surface area contributed by atoms with Crippen LogP contribution in [0.1, 0.15) is 19.5 Å². The number of carboxylic acid groups (broad SMARTS) is 1. The number of methoxy groups -OCH3 is 1. The van der Waals surface area contributed by atoms with Crippen LogP contribution in [-0.4, -0.2) is 23.2 Å². The van der Waals surface area contributed by atoms with E-state index in [1.807, 2.05) is 24.3 Å². The fraction of sp³-hybridized carbons (Fsp3) is 0.357. The zero-order valence-corrected chi connectivity index (χ0v) is 10.8. The number of H-pyrrole nitrogens is 1. The summed E-state index contributed by atoms with van der Waals surface area (Å²) in [5.41, 5.74) is 1.11. The molecule has 0 unspecified atom stereocenters. The number of fused-ring (bicyclic) bond motifs is 1. The number of carboxylic acids is 1. The number of aromatic amines is 1. The monoisotopic (exact) mass is 247 g/mol. The van der Waals surface area contributed by atoms with Crippen LogP contribution < -0.4 is 4.74 Å². The SMILES string of the molecule is COc1ccc2cc(CC(C)(C)C(=O)O)[nH]c2c1. The van der Waals surface area contributed by atoms with Gasteiger partial charge in [-0.1, -0.05) is 0 Å². The van der Waals surface area contributed by atoms with Crippen molar-refractivity contribution >= 4 is 16.9 Å². The minimum absolute atomic E-state index is 0.472. The summed E-state index contributed by atoms with van der Waals surface area (Å²) in [6.07, 6.45) is 0.472. The third-order valence-electron chi connectivity index (χ3n) is 3.10. The quantitative estimate of drug-likeness (QED) is 0.873. The van der Waals surface area contributed by atoms with Gasteiger partial charge in [-0.15, -0.1) is 0 Å². The molecule has 1 heterocycles. The summed E-state index contributed by atoms with van der Waals surface area (Å²) in [5, 5.41) is 10.2. The van der Waals surface area contributed by atoms with E-state index < -0.39 is 11.4 Å². The second kappa shape index (κ2) is 4.37. The maximum Gasteiger partial charge on any atom is 0.309 e. The molecule has 0 aliphatic heterocycles. The molecule has 0 saturated carbocycles. The third-order valence-corrected chi connectivity index (χ3v) is 3.10. The number of hydrogen-bond acceptors (Lipinski definition) is 2. The van der Waals surface area contributed by atoms with Gasteiger partial charge in [0.05, 0.1) is 12.5 Å². The molecule has 0 aliphatic carbocycles. The van der Waals surface area contributed by atoms with Gasteiger partial charge in [0.15, 0.2) is 0 Å². The van der Waals surface area contributed by atoms with E-state index in [0.29, 0.717) is 6.42 Å². The Kier molecular flexibility index (Phi) is 3.03. The molecule has 0 spiro atoms. The summed E-state index contributed by atoms with van der Waals surface area (Å²) in [6.45, 7) is 3.45. The average molecular weight is 247 g/mol. The molecule has 2 rings (SSSR count). The summed E-state index contributed by atoms with van der Waals surface area (Å²) in [5.74, 6) is -0.00729. The van der Waals surface area contributed by atoms with E-state index in [-0.39, 0.29) is 0 Å². The van der Waals surface area contributed by atoms with E-state index in [1.54, 1.807) is 21.0 Å². The maximum absolute atomic E-state index is 11.1. The van der Waals surface area contributed by atoms with Crippen LogP contribution in [0.4, 0.5) is 0 Å². The van der Waals surface area contributed by atoms with Gasteiger partial charge in [0, 0.05) is 23.7 Å². The van der Waals surface area contributed by atoms with E-state index in [9.17, 15) is 4.79 Å². The minimum atomic E-state index is -0.793. The van der Waals surface area contributed by atoms with E-state index in [1.165, 1.54) is 0 Å². The highest BCUT2D eigenvalue weighted by Crippen LogP contribution is 2.26. The van der Waals surface area contributed by atoms with Gasteiger partial charge >= 0.3 is 5.97 Å². The van der Waals surface area contributed by atoms with Crippen molar-refractivity contribution in [2.75, 3.05) is 7.11 Å². The van der Waals surface area contributed by atoms with Crippen molar-refractivity contribution in [3.63, 3.8) is 0 Å². The first-order valence-corrected chi connectivity index (χ1v) is 5.81. The van der Waals surface area contributed by atoms with Crippen molar-refractivity contribution in [3.8, 4) is 5.75 Å². The van der Waals surface area contributed by atoms with Gasteiger partial charge in [-0.3, -0.25) is 4.79 Å². The van der Waals surface area contributed by atoms with Gasteiger partial charge in [-0.25, -0.2) is 0 Å².